The lowest BCUT2D eigenvalue weighted by molar-refractivity contribution is -0.384. The van der Waals surface area contributed by atoms with E-state index in [1.807, 2.05) is 0 Å². The van der Waals surface area contributed by atoms with Crippen LogP contribution in [0.4, 0.5) is 11.4 Å². The number of non-ortho nitro benzene ring substituents is 1. The molecule has 0 aromatic heterocycles. The Kier molecular flexibility index (Phi) is 4.21. The highest BCUT2D eigenvalue weighted by Gasteiger charge is 2.25. The van der Waals surface area contributed by atoms with Crippen LogP contribution in [0.1, 0.15) is 11.5 Å². The summed E-state index contributed by atoms with van der Waals surface area (Å²) in [6.07, 6.45) is 4.95. The molecule has 126 valence electrons. The van der Waals surface area contributed by atoms with E-state index in [1.165, 1.54) is 30.5 Å². The minimum Gasteiger partial charge on any atom is -0.508 e. The normalized spacial score (nSPS) is 16.4. The van der Waals surface area contributed by atoms with Gasteiger partial charge in [-0.05, 0) is 29.8 Å². The fourth-order valence-electron chi connectivity index (χ4n) is 2.62. The van der Waals surface area contributed by atoms with Crippen LogP contribution in [0.2, 0.25) is 0 Å². The van der Waals surface area contributed by atoms with Crippen LogP contribution in [0.3, 0.4) is 0 Å². The molecule has 7 heteroatoms. The van der Waals surface area contributed by atoms with E-state index >= 15 is 0 Å². The standard InChI is InChI=1S/C18H14N2O5/c21-15-7-5-13(6-8-15)19-10-9-16(17(11-19)18(22)23)12-1-3-14(4-2-12)20(24)25/h1-11,16,21H,(H,22,23). The average Bonchev–Trinajstić information content (AvgIpc) is 2.62. The van der Waals surface area contributed by atoms with Crippen LogP contribution in [0.25, 0.3) is 0 Å². The van der Waals surface area contributed by atoms with E-state index in [2.05, 4.69) is 0 Å². The SMILES string of the molecule is O=C(O)C1=CN(c2ccc(O)cc2)C=CC1c1ccc([N+](=O)[O-])cc1. The van der Waals surface area contributed by atoms with Crippen LogP contribution in [0.5, 0.6) is 5.75 Å². The Balaban J connectivity index is 1.93. The van der Waals surface area contributed by atoms with E-state index in [4.69, 9.17) is 0 Å². The second-order valence-electron chi connectivity index (χ2n) is 5.48. The lowest BCUT2D eigenvalue weighted by Crippen LogP contribution is -2.20. The van der Waals surface area contributed by atoms with Gasteiger partial charge in [0.05, 0.1) is 10.5 Å². The number of allylic oxidation sites excluding steroid dienone is 1. The zero-order valence-electron chi connectivity index (χ0n) is 12.9. The number of carboxylic acid groups (broad SMARTS) is 1. The lowest BCUT2D eigenvalue weighted by atomic mass is 9.89. The number of rotatable bonds is 4. The molecule has 7 nitrogen and oxygen atoms in total. The summed E-state index contributed by atoms with van der Waals surface area (Å²) < 4.78 is 0. The van der Waals surface area contributed by atoms with Gasteiger partial charge in [-0.1, -0.05) is 18.2 Å². The van der Waals surface area contributed by atoms with E-state index in [0.717, 1.165) is 0 Å². The molecule has 0 aliphatic carbocycles. The highest BCUT2D eigenvalue weighted by atomic mass is 16.6. The number of aromatic hydroxyl groups is 1. The zero-order valence-corrected chi connectivity index (χ0v) is 12.9. The smallest absolute Gasteiger partial charge is 0.334 e. The van der Waals surface area contributed by atoms with Crippen molar-refractivity contribution in [3.8, 4) is 5.75 Å². The Bertz CT molecular complexity index is 869. The number of nitrogens with zero attached hydrogens (tertiary/aromatic N) is 2. The number of benzene rings is 2. The molecule has 0 radical (unpaired) electrons. The van der Waals surface area contributed by atoms with Crippen molar-refractivity contribution in [2.75, 3.05) is 4.90 Å². The molecule has 1 heterocycles. The number of hydrogen-bond donors (Lipinski definition) is 2. The van der Waals surface area contributed by atoms with Gasteiger partial charge in [-0.2, -0.15) is 0 Å². The first-order valence-corrected chi connectivity index (χ1v) is 7.41. The summed E-state index contributed by atoms with van der Waals surface area (Å²) in [6.45, 7) is 0. The zero-order chi connectivity index (χ0) is 18.0. The molecule has 0 amide bonds. The van der Waals surface area contributed by atoms with Gasteiger partial charge in [0.1, 0.15) is 5.75 Å². The highest BCUT2D eigenvalue weighted by Crippen LogP contribution is 2.33. The molecule has 2 aromatic rings. The van der Waals surface area contributed by atoms with E-state index in [-0.39, 0.29) is 17.0 Å². The third-order valence-electron chi connectivity index (χ3n) is 3.91. The maximum absolute atomic E-state index is 11.7. The van der Waals surface area contributed by atoms with Crippen LogP contribution in [0, 0.1) is 10.1 Å². The number of hydrogen-bond acceptors (Lipinski definition) is 5. The monoisotopic (exact) mass is 338 g/mol. The van der Waals surface area contributed by atoms with Crippen molar-refractivity contribution in [2.45, 2.75) is 5.92 Å². The van der Waals surface area contributed by atoms with Gasteiger partial charge in [-0.25, -0.2) is 4.79 Å². The Morgan fingerprint density at radius 2 is 1.72 bits per heavy atom. The number of nitro benzene ring substituents is 1. The summed E-state index contributed by atoms with van der Waals surface area (Å²) in [5.74, 6) is -1.46. The van der Waals surface area contributed by atoms with Crippen molar-refractivity contribution in [1.82, 2.24) is 0 Å². The highest BCUT2D eigenvalue weighted by molar-refractivity contribution is 5.90. The molecule has 25 heavy (non-hydrogen) atoms. The van der Waals surface area contributed by atoms with E-state index in [1.54, 1.807) is 41.4 Å². The number of nitro groups is 1. The van der Waals surface area contributed by atoms with E-state index < -0.39 is 16.8 Å². The molecule has 0 spiro atoms. The summed E-state index contributed by atoms with van der Waals surface area (Å²) in [5.41, 5.74) is 1.45. The van der Waals surface area contributed by atoms with Gasteiger partial charge in [-0.15, -0.1) is 0 Å². The molecule has 2 N–H and O–H groups in total. The van der Waals surface area contributed by atoms with Crippen molar-refractivity contribution in [3.63, 3.8) is 0 Å². The van der Waals surface area contributed by atoms with Crippen molar-refractivity contribution >= 4 is 17.3 Å². The number of phenolic OH excluding ortho intramolecular Hbond substituents is 1. The predicted octanol–water partition coefficient (Wildman–Crippen LogP) is 3.39. The number of phenols is 1. The van der Waals surface area contributed by atoms with Crippen molar-refractivity contribution in [3.05, 3.63) is 88.3 Å². The second kappa shape index (κ2) is 6.48. The molecular weight excluding hydrogens is 324 g/mol. The summed E-state index contributed by atoms with van der Waals surface area (Å²) in [5, 5.41) is 29.6. The van der Waals surface area contributed by atoms with Gasteiger partial charge in [0.25, 0.3) is 5.69 Å². The summed E-state index contributed by atoms with van der Waals surface area (Å²) in [7, 11) is 0. The van der Waals surface area contributed by atoms with Crippen LogP contribution in [0.15, 0.2) is 72.6 Å². The van der Waals surface area contributed by atoms with Crippen molar-refractivity contribution in [1.29, 1.82) is 0 Å². The minimum atomic E-state index is -1.07. The number of anilines is 1. The van der Waals surface area contributed by atoms with Crippen LogP contribution < -0.4 is 4.90 Å². The van der Waals surface area contributed by atoms with Crippen LogP contribution >= 0.6 is 0 Å². The van der Waals surface area contributed by atoms with Gasteiger partial charge in [-0.3, -0.25) is 10.1 Å². The van der Waals surface area contributed by atoms with E-state index in [0.29, 0.717) is 11.3 Å². The summed E-state index contributed by atoms with van der Waals surface area (Å²) in [4.78, 5) is 23.6. The fourth-order valence-corrected chi connectivity index (χ4v) is 2.62. The van der Waals surface area contributed by atoms with Crippen molar-refractivity contribution in [2.24, 2.45) is 0 Å². The molecule has 0 fully saturated rings. The quantitative estimate of drug-likeness (QED) is 0.654. The fraction of sp³-hybridized carbons (Fsp3) is 0.0556. The molecule has 1 aliphatic heterocycles. The molecule has 0 bridgehead atoms. The van der Waals surface area contributed by atoms with Crippen LogP contribution in [-0.2, 0) is 4.79 Å². The maximum atomic E-state index is 11.7. The third-order valence-corrected chi connectivity index (χ3v) is 3.91. The number of carboxylic acids is 1. The third kappa shape index (κ3) is 3.35. The molecule has 0 saturated carbocycles. The molecular formula is C18H14N2O5. The van der Waals surface area contributed by atoms with Gasteiger partial charge in [0.15, 0.2) is 0 Å². The second-order valence-corrected chi connectivity index (χ2v) is 5.48. The Morgan fingerprint density at radius 3 is 2.28 bits per heavy atom. The molecule has 1 aliphatic rings. The lowest BCUT2D eigenvalue weighted by Gasteiger charge is -2.25. The van der Waals surface area contributed by atoms with E-state index in [9.17, 15) is 25.1 Å². The topological polar surface area (TPSA) is 104 Å². The van der Waals surface area contributed by atoms with Gasteiger partial charge >= 0.3 is 5.97 Å². The molecule has 3 rings (SSSR count). The van der Waals surface area contributed by atoms with Gasteiger partial charge in [0.2, 0.25) is 0 Å². The first-order chi connectivity index (χ1) is 12.0. The predicted molar refractivity (Wildman–Crippen MR) is 91.3 cm³/mol. The number of aliphatic carboxylic acids is 1. The Morgan fingerprint density at radius 1 is 1.08 bits per heavy atom. The van der Waals surface area contributed by atoms with Crippen LogP contribution in [-0.4, -0.2) is 21.1 Å². The Labute approximate surface area is 142 Å². The average molecular weight is 338 g/mol. The summed E-state index contributed by atoms with van der Waals surface area (Å²) >= 11 is 0. The summed E-state index contributed by atoms with van der Waals surface area (Å²) in [6, 6.07) is 12.2. The maximum Gasteiger partial charge on any atom is 0.334 e. The molecule has 1 unspecified atom stereocenters. The Hall–Kier alpha value is -3.61. The van der Waals surface area contributed by atoms with Gasteiger partial charge < -0.3 is 15.1 Å². The molecule has 2 aromatic carbocycles. The first kappa shape index (κ1) is 16.3. The van der Waals surface area contributed by atoms with Gasteiger partial charge in [0, 0.05) is 36.1 Å². The van der Waals surface area contributed by atoms with Crippen molar-refractivity contribution < 1.29 is 19.9 Å². The molecule has 0 saturated heterocycles. The number of carbonyl (C=O) groups is 1. The first-order valence-electron chi connectivity index (χ1n) is 7.41. The largest absolute Gasteiger partial charge is 0.508 e. The minimum absolute atomic E-state index is 0.0462. The molecule has 1 atom stereocenters.